The van der Waals surface area contributed by atoms with E-state index in [1.807, 2.05) is 73.4 Å². The van der Waals surface area contributed by atoms with Crippen LogP contribution < -0.4 is 20.8 Å². The van der Waals surface area contributed by atoms with Gasteiger partial charge in [-0.2, -0.15) is 20.4 Å². The molecule has 0 fully saturated rings. The molecule has 13 heterocycles. The Morgan fingerprint density at radius 2 is 0.750 bits per heavy atom. The number of hydrogen-bond acceptors (Lipinski definition) is 16. The number of rotatable bonds is 8. The van der Waals surface area contributed by atoms with Crippen molar-refractivity contribution in [3.05, 3.63) is 79.7 Å². The van der Waals surface area contributed by atoms with Gasteiger partial charge >= 0.3 is 0 Å². The minimum absolute atomic E-state index is 0.465. The predicted molar refractivity (Wildman–Crippen MR) is 283 cm³/mol. The number of H-pyrrole nitrogens is 2. The molecule has 362 valence electrons. The minimum Gasteiger partial charge on any atom is -0.322 e. The van der Waals surface area contributed by atoms with Gasteiger partial charge in [0, 0.05) is 21.6 Å². The molecule has 3 aromatic heterocycles. The van der Waals surface area contributed by atoms with E-state index in [9.17, 15) is 0 Å². The molecular formula is C52H54N20. The largest absolute Gasteiger partial charge is 0.322 e. The molecule has 3 aromatic rings. The maximum atomic E-state index is 5.57. The van der Waals surface area contributed by atoms with E-state index in [-0.39, 0.29) is 0 Å². The Bertz CT molecular complexity index is 3870. The van der Waals surface area contributed by atoms with E-state index in [2.05, 4.69) is 125 Å². The molecule has 0 unspecified atom stereocenters. The van der Waals surface area contributed by atoms with E-state index in [0.29, 0.717) is 67.8 Å². The number of hydrogen-bond donors (Lipinski definition) is 2. The van der Waals surface area contributed by atoms with E-state index in [4.69, 9.17) is 29.9 Å². The Balaban J connectivity index is 1.28. The average Bonchev–Trinajstić information content (AvgIpc) is 4.17. The second-order valence-corrected chi connectivity index (χ2v) is 19.4. The monoisotopic (exact) mass is 958 g/mol. The zero-order chi connectivity index (χ0) is 49.3. The molecule has 13 rings (SSSR count). The van der Waals surface area contributed by atoms with E-state index >= 15 is 0 Å². The highest BCUT2D eigenvalue weighted by molar-refractivity contribution is 6.21. The summed E-state index contributed by atoms with van der Waals surface area (Å²) in [5.74, 6) is 1.42. The Morgan fingerprint density at radius 1 is 0.389 bits per heavy atom. The van der Waals surface area contributed by atoms with Crippen LogP contribution in [0.3, 0.4) is 0 Å². The lowest BCUT2D eigenvalue weighted by Gasteiger charge is -2.43. The van der Waals surface area contributed by atoms with E-state index in [0.717, 1.165) is 95.0 Å². The molecule has 10 aliphatic rings. The highest BCUT2D eigenvalue weighted by Crippen LogP contribution is 2.43. The molecule has 2 N–H and O–H groups in total. The number of nitrogens with zero attached hydrogens (tertiary/aromatic N) is 18. The summed E-state index contributed by atoms with van der Waals surface area (Å²) >= 11 is 0. The van der Waals surface area contributed by atoms with Gasteiger partial charge < -0.3 is 28.9 Å². The van der Waals surface area contributed by atoms with Crippen molar-refractivity contribution in [3.8, 4) is 0 Å². The van der Waals surface area contributed by atoms with Crippen LogP contribution in [0.15, 0.2) is 77.2 Å². The molecule has 20 heteroatoms. The Kier molecular flexibility index (Phi) is 9.54. The molecule has 72 heavy (non-hydrogen) atoms. The highest BCUT2D eigenvalue weighted by Gasteiger charge is 2.43. The number of fused-ring (bicyclic) bond motifs is 26. The van der Waals surface area contributed by atoms with Crippen molar-refractivity contribution in [2.75, 3.05) is 9.80 Å². The third-order valence-corrected chi connectivity index (χ3v) is 16.6. The Morgan fingerprint density at radius 3 is 1.14 bits per heavy atom. The molecule has 20 nitrogen and oxygen atoms in total. The second kappa shape index (κ2) is 15.7. The molecule has 0 aliphatic carbocycles. The maximum absolute atomic E-state index is 5.57. The van der Waals surface area contributed by atoms with Gasteiger partial charge in [0.25, 0.3) is 0 Å². The van der Waals surface area contributed by atoms with Crippen LogP contribution in [0.2, 0.25) is 0 Å². The first kappa shape index (κ1) is 43.8. The SMILES string of the molecule is CCC1(CC)C=NN=C2C=Cc3c(c4nc5nc(nc6[nH]c(nc7nc(nc3[nH]4)c3n4c(ccc7=3)=NN=CC4(CC)CC)c3c6C=CC4=NN=CC(CC)(CC)N43)c3n4c(ccc5=3)=NN=CC4(CC)CC)N21. The smallest absolute Gasteiger partial charge is 0.181 e. The molecule has 0 saturated carbocycles. The van der Waals surface area contributed by atoms with Crippen molar-refractivity contribution in [1.29, 1.82) is 0 Å². The number of amidine groups is 2. The zero-order valence-electron chi connectivity index (χ0n) is 41.6. The first-order chi connectivity index (χ1) is 35.2. The van der Waals surface area contributed by atoms with Gasteiger partial charge in [-0.05, 0) is 99.9 Å². The van der Waals surface area contributed by atoms with Gasteiger partial charge in [0.15, 0.2) is 56.5 Å². The summed E-state index contributed by atoms with van der Waals surface area (Å²) in [6.45, 7) is 17.4. The van der Waals surface area contributed by atoms with Gasteiger partial charge in [-0.25, -0.2) is 29.9 Å². The zero-order valence-corrected chi connectivity index (χ0v) is 41.6. The van der Waals surface area contributed by atoms with Gasteiger partial charge in [0.05, 0.1) is 69.1 Å². The fourth-order valence-corrected chi connectivity index (χ4v) is 12.0. The first-order valence-electron chi connectivity index (χ1n) is 25.4. The summed E-state index contributed by atoms with van der Waals surface area (Å²) in [6, 6.07) is 8.07. The van der Waals surface area contributed by atoms with Crippen molar-refractivity contribution in [2.45, 2.75) is 129 Å². The molecular weight excluding hydrogens is 905 g/mol. The second-order valence-electron chi connectivity index (χ2n) is 19.4. The Labute approximate surface area is 412 Å². The fourth-order valence-electron chi connectivity index (χ4n) is 12.0. The third kappa shape index (κ3) is 5.73. The van der Waals surface area contributed by atoms with E-state index in [1.165, 1.54) is 0 Å². The van der Waals surface area contributed by atoms with Crippen LogP contribution in [0.25, 0.3) is 57.3 Å². The van der Waals surface area contributed by atoms with Crippen LogP contribution in [0.5, 0.6) is 0 Å². The minimum atomic E-state index is -0.517. The van der Waals surface area contributed by atoms with Crippen LogP contribution in [-0.2, 0) is 11.1 Å². The number of aromatic amines is 2. The topological polar surface area (TPSA) is 224 Å². The van der Waals surface area contributed by atoms with Crippen LogP contribution >= 0.6 is 0 Å². The summed E-state index contributed by atoms with van der Waals surface area (Å²) in [5.41, 5.74) is 6.74. The number of nitrogens with one attached hydrogen (secondary N) is 2. The lowest BCUT2D eigenvalue weighted by atomic mass is 9.89. The van der Waals surface area contributed by atoms with Crippen molar-refractivity contribution in [2.24, 2.45) is 40.8 Å². The first-order valence-corrected chi connectivity index (χ1v) is 25.4. The molecule has 10 aliphatic heterocycles. The number of anilines is 2. The lowest BCUT2D eigenvalue weighted by molar-refractivity contribution is 0.355. The summed E-state index contributed by atoms with van der Waals surface area (Å²) in [6.07, 6.45) is 22.0. The van der Waals surface area contributed by atoms with Gasteiger partial charge in [0.2, 0.25) is 0 Å². The van der Waals surface area contributed by atoms with Gasteiger partial charge in [-0.1, -0.05) is 55.4 Å². The van der Waals surface area contributed by atoms with Crippen LogP contribution in [0.1, 0.15) is 118 Å². The van der Waals surface area contributed by atoms with Crippen molar-refractivity contribution >= 4 is 105 Å². The summed E-state index contributed by atoms with van der Waals surface area (Å²) in [7, 11) is 0. The molecule has 0 radical (unpaired) electrons. The van der Waals surface area contributed by atoms with Crippen LogP contribution in [0.4, 0.5) is 11.4 Å². The predicted octanol–water partition coefficient (Wildman–Crippen LogP) is 7.91. The standard InChI is InChI=1S/C52H54N20/c1-9-49(10-2)25-53-65-33-21-17-29-37(69(33)49)45-57-41(29)62-46-39-31(19-23-35-67-55-27-51(13-5,14-6)71(35)39)43(59-46)64-48-40-32(20-24-36-68-56-28-52(15-7,16-8)72(36)40)44(60-48)63-47-38-30(42(58-47)61-45)18-22-34-66-54-26-50(11-3,12-4)70(34)38/h17-28H,9-16H2,1-8H3,(H2,57,58,59,60,61,62,63,64). The lowest BCUT2D eigenvalue weighted by Crippen LogP contribution is -2.54. The van der Waals surface area contributed by atoms with Crippen molar-refractivity contribution < 1.29 is 0 Å². The molecule has 8 bridgehead atoms. The fraction of sp³-hybridized carbons (Fsp3) is 0.385. The molecule has 0 saturated heterocycles. The Hall–Kier alpha value is -8.16. The van der Waals surface area contributed by atoms with E-state index < -0.39 is 22.2 Å². The normalized spacial score (nSPS) is 18.9. The molecule has 0 spiro atoms. The number of aromatic nitrogens is 10. The molecule has 0 atom stereocenters. The van der Waals surface area contributed by atoms with Crippen molar-refractivity contribution in [1.82, 2.24) is 49.0 Å². The van der Waals surface area contributed by atoms with Gasteiger partial charge in [-0.15, -0.1) is 20.4 Å². The third-order valence-electron chi connectivity index (χ3n) is 16.6. The van der Waals surface area contributed by atoms with Crippen LogP contribution in [0, 0.1) is 21.1 Å². The van der Waals surface area contributed by atoms with Crippen molar-refractivity contribution in [3.63, 3.8) is 0 Å². The quantitative estimate of drug-likeness (QED) is 0.152. The average molecular weight is 959 g/mol. The maximum Gasteiger partial charge on any atom is 0.181 e. The highest BCUT2D eigenvalue weighted by atomic mass is 15.4. The summed E-state index contributed by atoms with van der Waals surface area (Å²) in [5, 5.41) is 40.1. The van der Waals surface area contributed by atoms with E-state index in [1.54, 1.807) is 0 Å². The van der Waals surface area contributed by atoms with Crippen LogP contribution in [-0.4, -0.2) is 96.6 Å². The van der Waals surface area contributed by atoms with Gasteiger partial charge in [-0.3, -0.25) is 0 Å². The molecule has 0 amide bonds. The molecule has 0 aromatic carbocycles. The van der Waals surface area contributed by atoms with Gasteiger partial charge in [0.1, 0.15) is 11.3 Å². The summed E-state index contributed by atoms with van der Waals surface area (Å²) < 4.78 is 4.50. The summed E-state index contributed by atoms with van der Waals surface area (Å²) in [4.78, 5) is 45.1.